The second kappa shape index (κ2) is 7.37. The summed E-state index contributed by atoms with van der Waals surface area (Å²) in [6.07, 6.45) is 2.54. The molecule has 27 heavy (non-hydrogen) atoms. The van der Waals surface area contributed by atoms with Crippen molar-refractivity contribution in [3.05, 3.63) is 63.2 Å². The second-order valence-electron chi connectivity index (χ2n) is 6.93. The third-order valence-corrected chi connectivity index (χ3v) is 5.59. The van der Waals surface area contributed by atoms with Crippen LogP contribution in [0.3, 0.4) is 0 Å². The minimum atomic E-state index is 0.0520. The molecule has 0 unspecified atom stereocenters. The number of ether oxygens (including phenoxy) is 2. The molecule has 0 spiro atoms. The molecule has 140 valence electrons. The van der Waals surface area contributed by atoms with Gasteiger partial charge in [-0.05, 0) is 47.9 Å². The average Bonchev–Trinajstić information content (AvgIpc) is 2.99. The first-order valence-electron chi connectivity index (χ1n) is 9.12. The quantitative estimate of drug-likeness (QED) is 0.740. The highest BCUT2D eigenvalue weighted by Crippen LogP contribution is 2.38. The van der Waals surface area contributed by atoms with Crippen molar-refractivity contribution < 1.29 is 14.3 Å². The van der Waals surface area contributed by atoms with Crippen molar-refractivity contribution in [1.82, 2.24) is 0 Å². The van der Waals surface area contributed by atoms with E-state index in [-0.39, 0.29) is 5.78 Å². The Bertz CT molecular complexity index is 909. The van der Waals surface area contributed by atoms with Crippen LogP contribution in [0.2, 0.25) is 5.02 Å². The summed E-state index contributed by atoms with van der Waals surface area (Å²) in [7, 11) is 1.65. The summed E-state index contributed by atoms with van der Waals surface area (Å²) < 4.78 is 11.0. The normalized spacial score (nSPS) is 18.1. The van der Waals surface area contributed by atoms with Crippen LogP contribution in [0, 0.1) is 6.92 Å². The summed E-state index contributed by atoms with van der Waals surface area (Å²) in [5.41, 5.74) is 5.53. The Morgan fingerprint density at radius 3 is 2.70 bits per heavy atom. The molecule has 1 fully saturated rings. The van der Waals surface area contributed by atoms with Gasteiger partial charge in [-0.3, -0.25) is 4.79 Å². The Labute approximate surface area is 164 Å². The van der Waals surface area contributed by atoms with Crippen molar-refractivity contribution in [3.63, 3.8) is 0 Å². The molecule has 1 saturated heterocycles. The molecule has 2 aliphatic rings. The summed E-state index contributed by atoms with van der Waals surface area (Å²) in [4.78, 5) is 15.2. The number of ketones is 1. The van der Waals surface area contributed by atoms with Crippen LogP contribution in [0.1, 0.15) is 27.0 Å². The first kappa shape index (κ1) is 18.1. The number of allylic oxidation sites excluding steroid dienone is 1. The van der Waals surface area contributed by atoms with Gasteiger partial charge in [0.15, 0.2) is 5.78 Å². The standard InChI is InChI=1S/C22H22ClNO3/c1-14-4-3-5-19(23)17(14)11-16-10-15-12-20(24-6-8-27-9-7-24)21(26-2)13-18(15)22(16)25/h3-5,11-13H,6-10H2,1-2H3/b16-11+. The number of carbonyl (C=O) groups excluding carboxylic acids is 1. The molecule has 0 aromatic heterocycles. The molecule has 0 saturated carbocycles. The topological polar surface area (TPSA) is 38.8 Å². The van der Waals surface area contributed by atoms with E-state index in [9.17, 15) is 4.79 Å². The second-order valence-corrected chi connectivity index (χ2v) is 7.33. The van der Waals surface area contributed by atoms with Gasteiger partial charge in [0.2, 0.25) is 0 Å². The Hall–Kier alpha value is -2.30. The summed E-state index contributed by atoms with van der Waals surface area (Å²) in [6, 6.07) is 9.75. The van der Waals surface area contributed by atoms with Gasteiger partial charge in [0.05, 0.1) is 26.0 Å². The van der Waals surface area contributed by atoms with E-state index in [2.05, 4.69) is 11.0 Å². The molecule has 1 heterocycles. The van der Waals surface area contributed by atoms with Crippen LogP contribution >= 0.6 is 11.6 Å². The number of hydrogen-bond acceptors (Lipinski definition) is 4. The van der Waals surface area contributed by atoms with E-state index in [1.54, 1.807) is 7.11 Å². The zero-order valence-corrected chi connectivity index (χ0v) is 16.3. The molecular formula is C22H22ClNO3. The van der Waals surface area contributed by atoms with Gasteiger partial charge in [0.1, 0.15) is 5.75 Å². The van der Waals surface area contributed by atoms with Crippen LogP contribution in [0.4, 0.5) is 5.69 Å². The number of hydrogen-bond donors (Lipinski definition) is 0. The zero-order valence-electron chi connectivity index (χ0n) is 15.5. The van der Waals surface area contributed by atoms with Crippen LogP contribution in [-0.2, 0) is 11.2 Å². The van der Waals surface area contributed by atoms with Crippen molar-refractivity contribution in [1.29, 1.82) is 0 Å². The van der Waals surface area contributed by atoms with E-state index in [1.165, 1.54) is 0 Å². The van der Waals surface area contributed by atoms with Crippen molar-refractivity contribution in [2.24, 2.45) is 0 Å². The maximum atomic E-state index is 13.0. The van der Waals surface area contributed by atoms with E-state index in [0.29, 0.717) is 24.7 Å². The van der Waals surface area contributed by atoms with Crippen LogP contribution in [0.5, 0.6) is 5.75 Å². The van der Waals surface area contributed by atoms with Crippen molar-refractivity contribution in [2.75, 3.05) is 38.3 Å². The molecule has 0 bridgehead atoms. The van der Waals surface area contributed by atoms with Crippen molar-refractivity contribution in [3.8, 4) is 5.75 Å². The molecule has 2 aromatic rings. The fraction of sp³-hybridized carbons (Fsp3) is 0.318. The van der Waals surface area contributed by atoms with E-state index >= 15 is 0 Å². The number of methoxy groups -OCH3 is 1. The molecule has 4 rings (SSSR count). The molecule has 0 amide bonds. The predicted molar refractivity (Wildman–Crippen MR) is 108 cm³/mol. The third kappa shape index (κ3) is 3.35. The molecule has 1 aliphatic carbocycles. The number of nitrogens with zero attached hydrogens (tertiary/aromatic N) is 1. The first-order valence-corrected chi connectivity index (χ1v) is 9.50. The third-order valence-electron chi connectivity index (χ3n) is 5.26. The minimum Gasteiger partial charge on any atom is -0.495 e. The molecule has 0 radical (unpaired) electrons. The number of anilines is 1. The van der Waals surface area contributed by atoms with Crippen LogP contribution in [0.25, 0.3) is 6.08 Å². The molecule has 0 N–H and O–H groups in total. The molecule has 4 nitrogen and oxygen atoms in total. The lowest BCUT2D eigenvalue weighted by molar-refractivity contribution is 0.104. The minimum absolute atomic E-state index is 0.0520. The van der Waals surface area contributed by atoms with Crippen LogP contribution < -0.4 is 9.64 Å². The largest absolute Gasteiger partial charge is 0.495 e. The van der Waals surface area contributed by atoms with Gasteiger partial charge in [-0.25, -0.2) is 0 Å². The highest BCUT2D eigenvalue weighted by molar-refractivity contribution is 6.32. The van der Waals surface area contributed by atoms with Crippen LogP contribution in [0.15, 0.2) is 35.9 Å². The average molecular weight is 384 g/mol. The zero-order chi connectivity index (χ0) is 19.0. The Morgan fingerprint density at radius 1 is 1.22 bits per heavy atom. The molecular weight excluding hydrogens is 362 g/mol. The Balaban J connectivity index is 1.72. The SMILES string of the molecule is COc1cc2c(cc1N1CCOCC1)C/C(=C\c1c(C)cccc1Cl)C2=O. The maximum absolute atomic E-state index is 13.0. The molecule has 5 heteroatoms. The van der Waals surface area contributed by atoms with Gasteiger partial charge >= 0.3 is 0 Å². The van der Waals surface area contributed by atoms with E-state index in [0.717, 1.165) is 52.4 Å². The summed E-state index contributed by atoms with van der Waals surface area (Å²) in [6.45, 7) is 5.06. The number of aryl methyl sites for hydroxylation is 1. The monoisotopic (exact) mass is 383 g/mol. The van der Waals surface area contributed by atoms with Gasteiger partial charge in [-0.15, -0.1) is 0 Å². The summed E-state index contributed by atoms with van der Waals surface area (Å²) in [5, 5.41) is 0.665. The van der Waals surface area contributed by atoms with Crippen molar-refractivity contribution in [2.45, 2.75) is 13.3 Å². The Morgan fingerprint density at radius 2 is 2.00 bits per heavy atom. The molecule has 0 atom stereocenters. The fourth-order valence-corrected chi connectivity index (χ4v) is 4.04. The van der Waals surface area contributed by atoms with Gasteiger partial charge in [0, 0.05) is 35.7 Å². The predicted octanol–water partition coefficient (Wildman–Crippen LogP) is 4.32. The van der Waals surface area contributed by atoms with Crippen molar-refractivity contribution >= 4 is 29.1 Å². The number of fused-ring (bicyclic) bond motifs is 1. The number of carbonyl (C=O) groups is 1. The van der Waals surface area contributed by atoms with Gasteiger partial charge in [-0.1, -0.05) is 23.7 Å². The van der Waals surface area contributed by atoms with E-state index < -0.39 is 0 Å². The maximum Gasteiger partial charge on any atom is 0.189 e. The highest BCUT2D eigenvalue weighted by atomic mass is 35.5. The first-order chi connectivity index (χ1) is 13.1. The van der Waals surface area contributed by atoms with Gasteiger partial charge in [-0.2, -0.15) is 0 Å². The number of Topliss-reactive ketones (excluding diaryl/α,β-unsaturated/α-hetero) is 1. The lowest BCUT2D eigenvalue weighted by Crippen LogP contribution is -2.36. The number of morpholine rings is 1. The van der Waals surface area contributed by atoms with Gasteiger partial charge in [0.25, 0.3) is 0 Å². The smallest absolute Gasteiger partial charge is 0.189 e. The summed E-state index contributed by atoms with van der Waals surface area (Å²) in [5.74, 6) is 0.787. The lowest BCUT2D eigenvalue weighted by atomic mass is 10.0. The number of rotatable bonds is 3. The number of benzene rings is 2. The van der Waals surface area contributed by atoms with Gasteiger partial charge < -0.3 is 14.4 Å². The fourth-order valence-electron chi connectivity index (χ4n) is 3.76. The van der Waals surface area contributed by atoms with E-state index in [4.69, 9.17) is 21.1 Å². The van der Waals surface area contributed by atoms with Crippen LogP contribution in [-0.4, -0.2) is 39.2 Å². The Kier molecular flexibility index (Phi) is 4.94. The molecule has 1 aliphatic heterocycles. The van der Waals surface area contributed by atoms with E-state index in [1.807, 2.05) is 37.3 Å². The summed E-state index contributed by atoms with van der Waals surface area (Å²) >= 11 is 6.35. The highest BCUT2D eigenvalue weighted by Gasteiger charge is 2.28. The lowest BCUT2D eigenvalue weighted by Gasteiger charge is -2.30. The molecule has 2 aromatic carbocycles. The number of halogens is 1.